The second kappa shape index (κ2) is 3.00. The van der Waals surface area contributed by atoms with Gasteiger partial charge in [-0.15, -0.1) is 6.58 Å². The summed E-state index contributed by atoms with van der Waals surface area (Å²) in [4.78, 5) is 0. The molecule has 2 atom stereocenters. The van der Waals surface area contributed by atoms with Crippen LogP contribution >= 0.6 is 0 Å². The Morgan fingerprint density at radius 3 is 2.62 bits per heavy atom. The average molecular weight is 174 g/mol. The van der Waals surface area contributed by atoms with E-state index in [-0.39, 0.29) is 12.0 Å². The molecule has 0 unspecified atom stereocenters. The van der Waals surface area contributed by atoms with Crippen molar-refractivity contribution in [2.45, 2.75) is 12.3 Å². The third-order valence-electron chi connectivity index (χ3n) is 3.02. The summed E-state index contributed by atoms with van der Waals surface area (Å²) in [6.45, 7) is 4.00. The minimum absolute atomic E-state index is 0.0264. The standard InChI is InChI=1S/C12H14O/c1-2-12(9-13)8-11(12)10-6-4-3-5-7-10/h2-7,11,13H,1,8-9H2/t11-,12-/m0/s1. The maximum absolute atomic E-state index is 9.22. The van der Waals surface area contributed by atoms with Crippen LogP contribution in [0.15, 0.2) is 43.0 Å². The second-order valence-corrected chi connectivity index (χ2v) is 3.76. The van der Waals surface area contributed by atoms with E-state index in [4.69, 9.17) is 0 Å². The molecule has 1 saturated carbocycles. The molecule has 0 aromatic heterocycles. The Morgan fingerprint density at radius 2 is 2.15 bits per heavy atom. The molecule has 1 aliphatic carbocycles. The van der Waals surface area contributed by atoms with Gasteiger partial charge in [0.2, 0.25) is 0 Å². The van der Waals surface area contributed by atoms with Crippen LogP contribution in [0.1, 0.15) is 17.9 Å². The summed E-state index contributed by atoms with van der Waals surface area (Å²) < 4.78 is 0. The van der Waals surface area contributed by atoms with Crippen LogP contribution in [0.2, 0.25) is 0 Å². The molecule has 0 amide bonds. The lowest BCUT2D eigenvalue weighted by Crippen LogP contribution is -2.04. The van der Waals surface area contributed by atoms with Crippen molar-refractivity contribution in [1.82, 2.24) is 0 Å². The Bertz CT molecular complexity index is 304. The molecular weight excluding hydrogens is 160 g/mol. The Balaban J connectivity index is 2.20. The zero-order chi connectivity index (χ0) is 9.31. The number of aliphatic hydroxyl groups excluding tert-OH is 1. The van der Waals surface area contributed by atoms with Crippen molar-refractivity contribution in [3.8, 4) is 0 Å². The van der Waals surface area contributed by atoms with E-state index in [1.54, 1.807) is 0 Å². The molecule has 0 saturated heterocycles. The van der Waals surface area contributed by atoms with Gasteiger partial charge in [-0.3, -0.25) is 0 Å². The lowest BCUT2D eigenvalue weighted by molar-refractivity contribution is 0.238. The normalized spacial score (nSPS) is 31.3. The van der Waals surface area contributed by atoms with E-state index in [2.05, 4.69) is 18.7 Å². The van der Waals surface area contributed by atoms with Gasteiger partial charge < -0.3 is 5.11 Å². The van der Waals surface area contributed by atoms with E-state index in [9.17, 15) is 5.11 Å². The van der Waals surface area contributed by atoms with Crippen LogP contribution in [0, 0.1) is 5.41 Å². The molecule has 0 bridgehead atoms. The first-order valence-corrected chi connectivity index (χ1v) is 4.62. The van der Waals surface area contributed by atoms with Crippen molar-refractivity contribution < 1.29 is 5.11 Å². The van der Waals surface area contributed by atoms with Crippen LogP contribution in [0.4, 0.5) is 0 Å². The monoisotopic (exact) mass is 174 g/mol. The highest BCUT2D eigenvalue weighted by molar-refractivity contribution is 5.33. The Morgan fingerprint density at radius 1 is 1.46 bits per heavy atom. The number of hydrogen-bond acceptors (Lipinski definition) is 1. The summed E-state index contributed by atoms with van der Waals surface area (Å²) in [5.74, 6) is 0.483. The van der Waals surface area contributed by atoms with Crippen LogP contribution in [-0.2, 0) is 0 Å². The first-order chi connectivity index (χ1) is 6.32. The first-order valence-electron chi connectivity index (χ1n) is 4.62. The maximum atomic E-state index is 9.22. The molecule has 1 heteroatoms. The molecule has 1 aromatic rings. The number of benzene rings is 1. The highest BCUT2D eigenvalue weighted by atomic mass is 16.3. The van der Waals surface area contributed by atoms with E-state index >= 15 is 0 Å². The number of hydrogen-bond donors (Lipinski definition) is 1. The van der Waals surface area contributed by atoms with Crippen molar-refractivity contribution in [3.05, 3.63) is 48.6 Å². The maximum Gasteiger partial charge on any atom is 0.0528 e. The van der Waals surface area contributed by atoms with Crippen LogP contribution in [-0.4, -0.2) is 11.7 Å². The fourth-order valence-electron chi connectivity index (χ4n) is 1.92. The van der Waals surface area contributed by atoms with E-state index in [1.165, 1.54) is 5.56 Å². The van der Waals surface area contributed by atoms with Crippen molar-refractivity contribution >= 4 is 0 Å². The van der Waals surface area contributed by atoms with Gasteiger partial charge in [0, 0.05) is 5.41 Å². The summed E-state index contributed by atoms with van der Waals surface area (Å²) in [5, 5.41) is 9.22. The summed E-state index contributed by atoms with van der Waals surface area (Å²) in [5.41, 5.74) is 1.29. The summed E-state index contributed by atoms with van der Waals surface area (Å²) >= 11 is 0. The van der Waals surface area contributed by atoms with Crippen LogP contribution in [0.25, 0.3) is 0 Å². The van der Waals surface area contributed by atoms with Crippen molar-refractivity contribution in [1.29, 1.82) is 0 Å². The fraction of sp³-hybridized carbons (Fsp3) is 0.333. The lowest BCUT2D eigenvalue weighted by atomic mass is 10.0. The average Bonchev–Trinajstić information content (AvgIpc) is 2.95. The Kier molecular flexibility index (Phi) is 1.97. The summed E-state index contributed by atoms with van der Waals surface area (Å²) in [6.07, 6.45) is 2.93. The molecule has 1 aliphatic rings. The van der Waals surface area contributed by atoms with Crippen molar-refractivity contribution in [2.24, 2.45) is 5.41 Å². The number of rotatable bonds is 3. The van der Waals surface area contributed by atoms with Gasteiger partial charge >= 0.3 is 0 Å². The molecule has 0 spiro atoms. The van der Waals surface area contributed by atoms with Gasteiger partial charge in [-0.2, -0.15) is 0 Å². The highest BCUT2D eigenvalue weighted by Crippen LogP contribution is 2.59. The van der Waals surface area contributed by atoms with Crippen LogP contribution in [0.3, 0.4) is 0 Å². The van der Waals surface area contributed by atoms with Gasteiger partial charge in [0.25, 0.3) is 0 Å². The Hall–Kier alpha value is -1.08. The lowest BCUT2D eigenvalue weighted by Gasteiger charge is -2.07. The summed E-state index contributed by atoms with van der Waals surface area (Å²) in [7, 11) is 0. The molecule has 2 rings (SSSR count). The van der Waals surface area contributed by atoms with Gasteiger partial charge in [-0.05, 0) is 17.9 Å². The molecule has 0 heterocycles. The van der Waals surface area contributed by atoms with E-state index in [0.29, 0.717) is 5.92 Å². The smallest absolute Gasteiger partial charge is 0.0528 e. The zero-order valence-electron chi connectivity index (χ0n) is 7.61. The molecule has 68 valence electrons. The predicted octanol–water partition coefficient (Wildman–Crippen LogP) is 2.34. The van der Waals surface area contributed by atoms with Gasteiger partial charge in [0.05, 0.1) is 6.61 Å². The largest absolute Gasteiger partial charge is 0.395 e. The van der Waals surface area contributed by atoms with Crippen molar-refractivity contribution in [2.75, 3.05) is 6.61 Å². The first kappa shape index (κ1) is 8.52. The van der Waals surface area contributed by atoms with Gasteiger partial charge in [-0.1, -0.05) is 36.4 Å². The number of aliphatic hydroxyl groups is 1. The molecule has 0 radical (unpaired) electrons. The molecule has 1 N–H and O–H groups in total. The third kappa shape index (κ3) is 1.29. The Labute approximate surface area is 78.7 Å². The second-order valence-electron chi connectivity index (χ2n) is 3.76. The predicted molar refractivity (Wildman–Crippen MR) is 53.5 cm³/mol. The molecule has 1 nitrogen and oxygen atoms in total. The van der Waals surface area contributed by atoms with E-state index in [1.807, 2.05) is 24.3 Å². The minimum atomic E-state index is -0.0264. The van der Waals surface area contributed by atoms with Gasteiger partial charge in [0.15, 0.2) is 0 Å². The zero-order valence-corrected chi connectivity index (χ0v) is 7.61. The summed E-state index contributed by atoms with van der Waals surface area (Å²) in [6, 6.07) is 10.3. The van der Waals surface area contributed by atoms with Crippen LogP contribution in [0.5, 0.6) is 0 Å². The van der Waals surface area contributed by atoms with Gasteiger partial charge in [-0.25, -0.2) is 0 Å². The minimum Gasteiger partial charge on any atom is -0.395 e. The molecule has 1 aromatic carbocycles. The van der Waals surface area contributed by atoms with Crippen molar-refractivity contribution in [3.63, 3.8) is 0 Å². The van der Waals surface area contributed by atoms with Gasteiger partial charge in [0.1, 0.15) is 0 Å². The highest BCUT2D eigenvalue weighted by Gasteiger charge is 2.51. The quantitative estimate of drug-likeness (QED) is 0.697. The molecule has 13 heavy (non-hydrogen) atoms. The molecular formula is C12H14O. The van der Waals surface area contributed by atoms with E-state index in [0.717, 1.165) is 6.42 Å². The molecule has 0 aliphatic heterocycles. The fourth-order valence-corrected chi connectivity index (χ4v) is 1.92. The van der Waals surface area contributed by atoms with E-state index < -0.39 is 0 Å². The molecule has 1 fully saturated rings. The third-order valence-corrected chi connectivity index (χ3v) is 3.02. The topological polar surface area (TPSA) is 20.2 Å². The SMILES string of the molecule is C=C[C@@]1(CO)C[C@H]1c1ccccc1. The van der Waals surface area contributed by atoms with Crippen LogP contribution < -0.4 is 0 Å².